The van der Waals surface area contributed by atoms with Gasteiger partial charge in [0.05, 0.1) is 15.6 Å². The molecule has 0 amide bonds. The minimum absolute atomic E-state index is 0.271. The molecule has 3 nitrogen and oxygen atoms in total. The molecule has 3 fully saturated rings. The van der Waals surface area contributed by atoms with E-state index in [1.54, 1.807) is 11.3 Å². The molecule has 21 heavy (non-hydrogen) atoms. The van der Waals surface area contributed by atoms with E-state index in [2.05, 4.69) is 11.8 Å². The average molecular weight is 304 g/mol. The van der Waals surface area contributed by atoms with Crippen LogP contribution in [-0.2, 0) is 0 Å². The second-order valence-corrected chi connectivity index (χ2v) is 7.98. The van der Waals surface area contributed by atoms with Crippen LogP contribution in [0.3, 0.4) is 0 Å². The van der Waals surface area contributed by atoms with Gasteiger partial charge in [-0.05, 0) is 43.9 Å². The molecule has 1 saturated heterocycles. The highest BCUT2D eigenvalue weighted by atomic mass is 32.1. The molecule has 4 rings (SSSR count). The first-order valence-electron chi connectivity index (χ1n) is 8.40. The Labute approximate surface area is 130 Å². The number of nitrogens with two attached hydrogens (primary N) is 1. The summed E-state index contributed by atoms with van der Waals surface area (Å²) in [7, 11) is 0. The van der Waals surface area contributed by atoms with E-state index in [0.29, 0.717) is 11.7 Å². The number of hydrogen-bond donors (Lipinski definition) is 1. The van der Waals surface area contributed by atoms with Crippen LogP contribution in [0.1, 0.15) is 66.6 Å². The molecule has 1 atom stereocenters. The summed E-state index contributed by atoms with van der Waals surface area (Å²) in [5, 5.41) is 1.33. The standard InChI is InChI=1S/C17H24N2OS/c1-2-10-7-8-19(9-10)17-13(11-3-4-11)14(18)16(21-17)15(20)12-5-6-12/h10-12H,2-9,18H2,1H3. The molecule has 2 saturated carbocycles. The highest BCUT2D eigenvalue weighted by molar-refractivity contribution is 7.19. The number of nitrogens with zero attached hydrogens (tertiary/aromatic N) is 1. The van der Waals surface area contributed by atoms with Gasteiger partial charge in [-0.3, -0.25) is 4.79 Å². The summed E-state index contributed by atoms with van der Waals surface area (Å²) in [4.78, 5) is 15.9. The highest BCUT2D eigenvalue weighted by Gasteiger charge is 2.39. The van der Waals surface area contributed by atoms with E-state index in [9.17, 15) is 4.79 Å². The SMILES string of the molecule is CCC1CCN(c2sc(C(=O)C3CC3)c(N)c2C2CC2)C1. The van der Waals surface area contributed by atoms with Crippen LogP contribution in [0.4, 0.5) is 10.7 Å². The number of thiophene rings is 1. The summed E-state index contributed by atoms with van der Waals surface area (Å²) < 4.78 is 0. The summed E-state index contributed by atoms with van der Waals surface area (Å²) in [6.45, 7) is 4.56. The van der Waals surface area contributed by atoms with Crippen LogP contribution in [0.2, 0.25) is 0 Å². The Morgan fingerprint density at radius 1 is 1.29 bits per heavy atom. The first kappa shape index (κ1) is 13.6. The monoisotopic (exact) mass is 304 g/mol. The van der Waals surface area contributed by atoms with E-state index in [1.165, 1.54) is 36.2 Å². The number of hydrogen-bond acceptors (Lipinski definition) is 4. The largest absolute Gasteiger partial charge is 0.397 e. The number of rotatable bonds is 5. The van der Waals surface area contributed by atoms with Crippen LogP contribution in [0.25, 0.3) is 0 Å². The number of nitrogen functional groups attached to an aromatic ring is 1. The van der Waals surface area contributed by atoms with Gasteiger partial charge in [0.2, 0.25) is 0 Å². The minimum Gasteiger partial charge on any atom is -0.397 e. The van der Waals surface area contributed by atoms with E-state index >= 15 is 0 Å². The van der Waals surface area contributed by atoms with Gasteiger partial charge >= 0.3 is 0 Å². The third kappa shape index (κ3) is 2.37. The lowest BCUT2D eigenvalue weighted by atomic mass is 10.1. The zero-order valence-electron chi connectivity index (χ0n) is 12.7. The Morgan fingerprint density at radius 2 is 2.05 bits per heavy atom. The summed E-state index contributed by atoms with van der Waals surface area (Å²) in [5.41, 5.74) is 8.56. The van der Waals surface area contributed by atoms with Crippen molar-refractivity contribution in [2.75, 3.05) is 23.7 Å². The van der Waals surface area contributed by atoms with Crippen LogP contribution in [-0.4, -0.2) is 18.9 Å². The van der Waals surface area contributed by atoms with Crippen LogP contribution < -0.4 is 10.6 Å². The summed E-state index contributed by atoms with van der Waals surface area (Å²) in [6.07, 6.45) is 7.15. The van der Waals surface area contributed by atoms with Crippen LogP contribution in [0, 0.1) is 11.8 Å². The number of anilines is 2. The molecule has 1 aromatic rings. The topological polar surface area (TPSA) is 46.3 Å². The van der Waals surface area contributed by atoms with E-state index in [4.69, 9.17) is 5.73 Å². The Bertz CT molecular complexity index is 572. The Kier molecular flexibility index (Phi) is 3.25. The van der Waals surface area contributed by atoms with Crippen LogP contribution >= 0.6 is 11.3 Å². The second kappa shape index (κ2) is 5.01. The Morgan fingerprint density at radius 3 is 2.62 bits per heavy atom. The molecule has 1 unspecified atom stereocenters. The maximum absolute atomic E-state index is 12.5. The van der Waals surface area contributed by atoms with Gasteiger partial charge in [0.1, 0.15) is 0 Å². The average Bonchev–Trinajstić information content (AvgIpc) is 3.41. The van der Waals surface area contributed by atoms with E-state index in [1.807, 2.05) is 0 Å². The highest BCUT2D eigenvalue weighted by Crippen LogP contribution is 2.53. The molecular formula is C17H24N2OS. The lowest BCUT2D eigenvalue weighted by molar-refractivity contribution is 0.0972. The number of Topliss-reactive ketones (excluding diaryl/α,β-unsaturated/α-hetero) is 1. The first-order valence-corrected chi connectivity index (χ1v) is 9.22. The second-order valence-electron chi connectivity index (χ2n) is 6.99. The lowest BCUT2D eigenvalue weighted by Gasteiger charge is -2.18. The predicted octanol–water partition coefficient (Wildman–Crippen LogP) is 4.04. The maximum atomic E-state index is 12.5. The van der Waals surface area contributed by atoms with Gasteiger partial charge in [0.15, 0.2) is 5.78 Å². The molecular weight excluding hydrogens is 280 g/mol. The van der Waals surface area contributed by atoms with E-state index in [-0.39, 0.29) is 5.92 Å². The molecule has 114 valence electrons. The number of ketones is 1. The zero-order valence-corrected chi connectivity index (χ0v) is 13.5. The molecule has 0 radical (unpaired) electrons. The van der Waals surface area contributed by atoms with Crippen molar-refractivity contribution < 1.29 is 4.79 Å². The smallest absolute Gasteiger partial charge is 0.178 e. The van der Waals surface area contributed by atoms with Gasteiger partial charge in [-0.1, -0.05) is 13.3 Å². The number of carbonyl (C=O) groups is 1. The summed E-state index contributed by atoms with van der Waals surface area (Å²) >= 11 is 1.69. The van der Waals surface area contributed by atoms with Crippen molar-refractivity contribution in [2.45, 2.75) is 51.4 Å². The van der Waals surface area contributed by atoms with E-state index in [0.717, 1.165) is 42.4 Å². The Hall–Kier alpha value is -1.03. The van der Waals surface area contributed by atoms with Gasteiger partial charge in [-0.15, -0.1) is 11.3 Å². The van der Waals surface area contributed by atoms with E-state index < -0.39 is 0 Å². The molecule has 2 N–H and O–H groups in total. The molecule has 0 bridgehead atoms. The lowest BCUT2D eigenvalue weighted by Crippen LogP contribution is -2.19. The summed E-state index contributed by atoms with van der Waals surface area (Å²) in [6, 6.07) is 0. The maximum Gasteiger partial charge on any atom is 0.178 e. The fourth-order valence-corrected chi connectivity index (χ4v) is 4.87. The van der Waals surface area contributed by atoms with Crippen molar-refractivity contribution in [1.29, 1.82) is 0 Å². The molecule has 1 aromatic heterocycles. The minimum atomic E-state index is 0.271. The molecule has 0 aromatic carbocycles. The third-order valence-corrected chi connectivity index (χ3v) is 6.57. The molecule has 0 spiro atoms. The molecule has 2 aliphatic carbocycles. The Balaban J connectivity index is 1.68. The fraction of sp³-hybridized carbons (Fsp3) is 0.706. The molecule has 2 heterocycles. The van der Waals surface area contributed by atoms with Crippen molar-refractivity contribution in [2.24, 2.45) is 11.8 Å². The van der Waals surface area contributed by atoms with Gasteiger partial charge in [-0.25, -0.2) is 0 Å². The van der Waals surface area contributed by atoms with Crippen LogP contribution in [0.5, 0.6) is 0 Å². The summed E-state index contributed by atoms with van der Waals surface area (Å²) in [5.74, 6) is 2.02. The van der Waals surface area contributed by atoms with Crippen molar-refractivity contribution in [3.8, 4) is 0 Å². The molecule has 4 heteroatoms. The molecule has 1 aliphatic heterocycles. The van der Waals surface area contributed by atoms with Crippen molar-refractivity contribution in [1.82, 2.24) is 0 Å². The van der Waals surface area contributed by atoms with Crippen LogP contribution in [0.15, 0.2) is 0 Å². The zero-order chi connectivity index (χ0) is 14.6. The molecule has 3 aliphatic rings. The van der Waals surface area contributed by atoms with Gasteiger partial charge < -0.3 is 10.6 Å². The normalized spacial score (nSPS) is 25.6. The quantitative estimate of drug-likeness (QED) is 0.835. The fourth-order valence-electron chi connectivity index (χ4n) is 3.51. The van der Waals surface area contributed by atoms with Crippen molar-refractivity contribution >= 4 is 27.8 Å². The van der Waals surface area contributed by atoms with Gasteiger partial charge in [-0.2, -0.15) is 0 Å². The predicted molar refractivity (Wildman–Crippen MR) is 88.4 cm³/mol. The number of carbonyl (C=O) groups excluding carboxylic acids is 1. The van der Waals surface area contributed by atoms with Gasteiger partial charge in [0.25, 0.3) is 0 Å². The van der Waals surface area contributed by atoms with Crippen molar-refractivity contribution in [3.05, 3.63) is 10.4 Å². The van der Waals surface area contributed by atoms with Gasteiger partial charge in [0, 0.05) is 24.6 Å². The third-order valence-electron chi connectivity index (χ3n) is 5.27. The first-order chi connectivity index (χ1) is 10.2. The van der Waals surface area contributed by atoms with Crippen molar-refractivity contribution in [3.63, 3.8) is 0 Å².